The molecule has 1 spiro atoms. The standard InChI is InChI=1S/C33H37NO5S/c1-24(27-11-12-27)38-32(35)34-19-17-33(18-20-34)16-15-30-21-29(13-14-31(30)39-33)28-9-7-26(8-10-28)23-40(36,37)22-25-5-3-2-4-6-25/h2-10,13-14,21,24,27H,11-12,15-20,22-23H2,1H3. The average Bonchev–Trinajstić information content (AvgIpc) is 3.80. The number of hydrogen-bond donors (Lipinski definition) is 0. The van der Waals surface area contributed by atoms with E-state index < -0.39 is 9.84 Å². The molecule has 6 rings (SSSR count). The van der Waals surface area contributed by atoms with Gasteiger partial charge < -0.3 is 14.4 Å². The molecule has 1 aliphatic carbocycles. The van der Waals surface area contributed by atoms with Gasteiger partial charge in [-0.3, -0.25) is 0 Å². The second-order valence-corrected chi connectivity index (χ2v) is 13.8. The number of benzene rings is 3. The summed E-state index contributed by atoms with van der Waals surface area (Å²) in [5.41, 5.74) is 4.72. The zero-order valence-corrected chi connectivity index (χ0v) is 23.9. The maximum Gasteiger partial charge on any atom is 0.410 e. The molecule has 2 aliphatic heterocycles. The predicted molar refractivity (Wildman–Crippen MR) is 156 cm³/mol. The first-order chi connectivity index (χ1) is 19.3. The first-order valence-corrected chi connectivity index (χ1v) is 16.2. The smallest absolute Gasteiger partial charge is 0.410 e. The van der Waals surface area contributed by atoms with Crippen molar-refractivity contribution in [2.75, 3.05) is 13.1 Å². The summed E-state index contributed by atoms with van der Waals surface area (Å²) in [6.07, 6.45) is 5.65. The number of piperidine rings is 1. The molecule has 0 bridgehead atoms. The fourth-order valence-corrected chi connectivity index (χ4v) is 7.47. The van der Waals surface area contributed by atoms with E-state index in [4.69, 9.17) is 9.47 Å². The van der Waals surface area contributed by atoms with E-state index in [1.807, 2.05) is 66.4 Å². The Balaban J connectivity index is 1.06. The van der Waals surface area contributed by atoms with Crippen molar-refractivity contribution < 1.29 is 22.7 Å². The van der Waals surface area contributed by atoms with Gasteiger partial charge >= 0.3 is 6.09 Å². The highest BCUT2D eigenvalue weighted by atomic mass is 32.2. The van der Waals surface area contributed by atoms with E-state index in [2.05, 4.69) is 18.2 Å². The molecule has 1 amide bonds. The van der Waals surface area contributed by atoms with Crippen molar-refractivity contribution in [3.8, 4) is 16.9 Å². The first kappa shape index (κ1) is 26.9. The van der Waals surface area contributed by atoms with Gasteiger partial charge in [-0.05, 0) is 78.5 Å². The highest BCUT2D eigenvalue weighted by Gasteiger charge is 2.41. The maximum atomic E-state index is 12.7. The maximum absolute atomic E-state index is 12.7. The number of nitrogens with zero attached hydrogens (tertiary/aromatic N) is 1. The van der Waals surface area contributed by atoms with Crippen LogP contribution in [0.1, 0.15) is 55.7 Å². The molecule has 1 saturated heterocycles. The van der Waals surface area contributed by atoms with Crippen LogP contribution in [0.15, 0.2) is 72.8 Å². The van der Waals surface area contributed by atoms with E-state index in [1.54, 1.807) is 0 Å². The van der Waals surface area contributed by atoms with Crippen LogP contribution < -0.4 is 4.74 Å². The predicted octanol–water partition coefficient (Wildman–Crippen LogP) is 6.56. The van der Waals surface area contributed by atoms with Crippen LogP contribution in [0.5, 0.6) is 5.75 Å². The number of carbonyl (C=O) groups is 1. The molecule has 2 fully saturated rings. The van der Waals surface area contributed by atoms with Gasteiger partial charge in [0.2, 0.25) is 0 Å². The molecule has 40 heavy (non-hydrogen) atoms. The third-order valence-corrected chi connectivity index (χ3v) is 10.2. The molecule has 0 aromatic heterocycles. The molecule has 3 aromatic rings. The van der Waals surface area contributed by atoms with Crippen LogP contribution in [-0.4, -0.2) is 44.2 Å². The average molecular weight is 560 g/mol. The van der Waals surface area contributed by atoms with Gasteiger partial charge in [0, 0.05) is 25.9 Å². The number of fused-ring (bicyclic) bond motifs is 1. The summed E-state index contributed by atoms with van der Waals surface area (Å²) in [6, 6.07) is 23.4. The second kappa shape index (κ2) is 10.9. The van der Waals surface area contributed by atoms with E-state index in [0.717, 1.165) is 66.5 Å². The molecule has 210 valence electrons. The molecule has 0 radical (unpaired) electrons. The quantitative estimate of drug-likeness (QED) is 0.328. The Hall–Kier alpha value is -3.32. The molecule has 2 heterocycles. The van der Waals surface area contributed by atoms with Crippen LogP contribution in [0, 0.1) is 5.92 Å². The zero-order valence-electron chi connectivity index (χ0n) is 23.1. The van der Waals surface area contributed by atoms with E-state index in [9.17, 15) is 13.2 Å². The molecule has 6 nitrogen and oxygen atoms in total. The lowest BCUT2D eigenvalue weighted by Gasteiger charge is -2.44. The van der Waals surface area contributed by atoms with Gasteiger partial charge in [0.25, 0.3) is 0 Å². The van der Waals surface area contributed by atoms with Gasteiger partial charge in [0.05, 0.1) is 11.5 Å². The molecule has 1 saturated carbocycles. The van der Waals surface area contributed by atoms with E-state index >= 15 is 0 Å². The Morgan fingerprint density at radius 2 is 1.57 bits per heavy atom. The number of hydrogen-bond acceptors (Lipinski definition) is 5. The fraction of sp³-hybridized carbons (Fsp3) is 0.424. The fourth-order valence-electron chi connectivity index (χ4n) is 5.97. The number of amides is 1. The van der Waals surface area contributed by atoms with Gasteiger partial charge in [-0.25, -0.2) is 13.2 Å². The largest absolute Gasteiger partial charge is 0.487 e. The number of likely N-dealkylation sites (tertiary alicyclic amines) is 1. The van der Waals surface area contributed by atoms with Crippen molar-refractivity contribution in [2.24, 2.45) is 5.92 Å². The highest BCUT2D eigenvalue weighted by Crippen LogP contribution is 2.41. The van der Waals surface area contributed by atoms with Gasteiger partial charge in [-0.15, -0.1) is 0 Å². The zero-order chi connectivity index (χ0) is 27.7. The van der Waals surface area contributed by atoms with Crippen molar-refractivity contribution >= 4 is 15.9 Å². The van der Waals surface area contributed by atoms with Crippen molar-refractivity contribution in [1.82, 2.24) is 4.90 Å². The van der Waals surface area contributed by atoms with Crippen molar-refractivity contribution in [1.29, 1.82) is 0 Å². The third-order valence-electron chi connectivity index (χ3n) is 8.65. The van der Waals surface area contributed by atoms with Crippen molar-refractivity contribution in [3.63, 3.8) is 0 Å². The molecule has 7 heteroatoms. The molecule has 0 N–H and O–H groups in total. The minimum atomic E-state index is -3.25. The van der Waals surface area contributed by atoms with Crippen molar-refractivity contribution in [3.05, 3.63) is 89.5 Å². The lowest BCUT2D eigenvalue weighted by molar-refractivity contribution is -0.0194. The van der Waals surface area contributed by atoms with Crippen LogP contribution in [0.4, 0.5) is 4.79 Å². The van der Waals surface area contributed by atoms with Crippen LogP contribution >= 0.6 is 0 Å². The van der Waals surface area contributed by atoms with Gasteiger partial charge in [-0.1, -0.05) is 60.7 Å². The second-order valence-electron chi connectivity index (χ2n) is 11.7. The van der Waals surface area contributed by atoms with Crippen LogP contribution in [0.25, 0.3) is 11.1 Å². The first-order valence-electron chi connectivity index (χ1n) is 14.4. The minimum absolute atomic E-state index is 0.0132. The summed E-state index contributed by atoms with van der Waals surface area (Å²) < 4.78 is 37.6. The molecular formula is C33H37NO5S. The summed E-state index contributed by atoms with van der Waals surface area (Å²) in [4.78, 5) is 14.4. The van der Waals surface area contributed by atoms with Crippen LogP contribution in [-0.2, 0) is 32.5 Å². The molecular weight excluding hydrogens is 522 g/mol. The summed E-state index contributed by atoms with van der Waals surface area (Å²) in [6.45, 7) is 3.33. The summed E-state index contributed by atoms with van der Waals surface area (Å²) >= 11 is 0. The minimum Gasteiger partial charge on any atom is -0.487 e. The van der Waals surface area contributed by atoms with E-state index in [0.29, 0.717) is 19.0 Å². The monoisotopic (exact) mass is 559 g/mol. The van der Waals surface area contributed by atoms with E-state index in [1.165, 1.54) is 5.56 Å². The van der Waals surface area contributed by atoms with Gasteiger partial charge in [0.15, 0.2) is 9.84 Å². The number of aryl methyl sites for hydroxylation is 1. The Bertz CT molecular complexity index is 1460. The number of rotatable bonds is 7. The number of carbonyl (C=O) groups excluding carboxylic acids is 1. The van der Waals surface area contributed by atoms with E-state index in [-0.39, 0.29) is 29.3 Å². The lowest BCUT2D eigenvalue weighted by atomic mass is 9.82. The Kier molecular flexibility index (Phi) is 7.34. The molecule has 1 unspecified atom stereocenters. The summed E-state index contributed by atoms with van der Waals surface area (Å²) in [5.74, 6) is 1.54. The summed E-state index contributed by atoms with van der Waals surface area (Å²) in [7, 11) is -3.25. The highest BCUT2D eigenvalue weighted by molar-refractivity contribution is 7.89. The Labute approximate surface area is 237 Å². The number of sulfone groups is 1. The number of ether oxygens (including phenoxy) is 2. The van der Waals surface area contributed by atoms with Gasteiger partial charge in [0.1, 0.15) is 17.5 Å². The third kappa shape index (κ3) is 6.20. The molecule has 3 aromatic carbocycles. The van der Waals surface area contributed by atoms with Gasteiger partial charge in [-0.2, -0.15) is 0 Å². The Morgan fingerprint density at radius 1 is 0.925 bits per heavy atom. The normalized spacial score (nSPS) is 19.0. The molecule has 1 atom stereocenters. The lowest BCUT2D eigenvalue weighted by Crippen LogP contribution is -2.51. The Morgan fingerprint density at radius 3 is 2.25 bits per heavy atom. The molecule has 3 aliphatic rings. The topological polar surface area (TPSA) is 72.9 Å². The van der Waals surface area contributed by atoms with Crippen LogP contribution in [0.3, 0.4) is 0 Å². The SMILES string of the molecule is CC(OC(=O)N1CCC2(CCc3cc(-c4ccc(CS(=O)(=O)Cc5ccccc5)cc4)ccc3O2)CC1)C1CC1. The summed E-state index contributed by atoms with van der Waals surface area (Å²) in [5, 5.41) is 0. The van der Waals surface area contributed by atoms with Crippen molar-refractivity contribution in [2.45, 2.75) is 68.7 Å². The van der Waals surface area contributed by atoms with Crippen LogP contribution in [0.2, 0.25) is 0 Å².